The highest BCUT2D eigenvalue weighted by molar-refractivity contribution is 4.54. The molecule has 4 heteroatoms. The van der Waals surface area contributed by atoms with Gasteiger partial charge >= 0.3 is 0 Å². The summed E-state index contributed by atoms with van der Waals surface area (Å²) in [5.41, 5.74) is 5.33. The topological polar surface area (TPSA) is 56.5 Å². The molecule has 0 saturated carbocycles. The Morgan fingerprint density at radius 2 is 2.31 bits per heavy atom. The molecule has 0 bridgehead atoms. The van der Waals surface area contributed by atoms with Crippen molar-refractivity contribution in [3.8, 4) is 0 Å². The lowest BCUT2D eigenvalue weighted by atomic mass is 10.2. The highest BCUT2D eigenvalue weighted by Crippen LogP contribution is 2.12. The minimum Gasteiger partial charge on any atom is -0.353 e. The Kier molecular flexibility index (Phi) is 6.10. The van der Waals surface area contributed by atoms with Crippen molar-refractivity contribution in [1.82, 2.24) is 5.32 Å². The minimum atomic E-state index is 0.0356. The van der Waals surface area contributed by atoms with E-state index in [1.807, 2.05) is 0 Å². The van der Waals surface area contributed by atoms with Gasteiger partial charge in [0.1, 0.15) is 0 Å². The summed E-state index contributed by atoms with van der Waals surface area (Å²) < 4.78 is 10.9. The first kappa shape index (κ1) is 10.9. The number of nitrogens with two attached hydrogens (primary N) is 1. The third kappa shape index (κ3) is 5.21. The second kappa shape index (κ2) is 7.26. The highest BCUT2D eigenvalue weighted by Gasteiger charge is 2.12. The number of rotatable bonds is 6. The predicted molar refractivity (Wildman–Crippen MR) is 51.5 cm³/mol. The first-order valence-corrected chi connectivity index (χ1v) is 5.07. The van der Waals surface area contributed by atoms with E-state index in [4.69, 9.17) is 15.2 Å². The second-order valence-corrected chi connectivity index (χ2v) is 3.21. The van der Waals surface area contributed by atoms with Crippen molar-refractivity contribution >= 4 is 0 Å². The molecule has 1 fully saturated rings. The number of hydrogen-bond acceptors (Lipinski definition) is 4. The van der Waals surface area contributed by atoms with Gasteiger partial charge in [-0.2, -0.15) is 0 Å². The Balaban J connectivity index is 1.86. The molecule has 1 rings (SSSR count). The molecule has 1 heterocycles. The third-order valence-corrected chi connectivity index (χ3v) is 2.04. The first-order chi connectivity index (χ1) is 6.43. The SMILES string of the molecule is NCCNCCOC1CCCCO1. The summed E-state index contributed by atoms with van der Waals surface area (Å²) in [6.07, 6.45) is 3.47. The lowest BCUT2D eigenvalue weighted by Gasteiger charge is -2.22. The molecular formula is C9H20N2O2. The average molecular weight is 188 g/mol. The molecule has 1 aliphatic rings. The molecule has 0 aliphatic carbocycles. The van der Waals surface area contributed by atoms with Gasteiger partial charge in [0, 0.05) is 26.2 Å². The fourth-order valence-electron chi connectivity index (χ4n) is 1.33. The van der Waals surface area contributed by atoms with Crippen molar-refractivity contribution in [2.45, 2.75) is 25.6 Å². The summed E-state index contributed by atoms with van der Waals surface area (Å²) >= 11 is 0. The Morgan fingerprint density at radius 1 is 1.38 bits per heavy atom. The second-order valence-electron chi connectivity index (χ2n) is 3.21. The summed E-state index contributed by atoms with van der Waals surface area (Å²) in [7, 11) is 0. The van der Waals surface area contributed by atoms with Crippen LogP contribution in [0.4, 0.5) is 0 Å². The molecule has 0 amide bonds. The molecule has 78 valence electrons. The Morgan fingerprint density at radius 3 is 3.00 bits per heavy atom. The normalized spacial score (nSPS) is 23.3. The van der Waals surface area contributed by atoms with Gasteiger partial charge in [0.25, 0.3) is 0 Å². The average Bonchev–Trinajstić information content (AvgIpc) is 2.19. The van der Waals surface area contributed by atoms with E-state index in [9.17, 15) is 0 Å². The van der Waals surface area contributed by atoms with E-state index < -0.39 is 0 Å². The van der Waals surface area contributed by atoms with Crippen molar-refractivity contribution in [2.75, 3.05) is 32.8 Å². The zero-order valence-electron chi connectivity index (χ0n) is 8.13. The van der Waals surface area contributed by atoms with E-state index in [1.54, 1.807) is 0 Å². The van der Waals surface area contributed by atoms with Crippen LogP contribution in [0.25, 0.3) is 0 Å². The lowest BCUT2D eigenvalue weighted by Crippen LogP contribution is -2.29. The Bertz CT molecular complexity index is 116. The molecule has 0 radical (unpaired) electrons. The molecule has 0 aromatic heterocycles. The minimum absolute atomic E-state index is 0.0356. The van der Waals surface area contributed by atoms with Gasteiger partial charge in [0.15, 0.2) is 6.29 Å². The van der Waals surface area contributed by atoms with Crippen LogP contribution in [-0.4, -0.2) is 39.1 Å². The van der Waals surface area contributed by atoms with Gasteiger partial charge in [-0.1, -0.05) is 0 Å². The van der Waals surface area contributed by atoms with Gasteiger partial charge in [-0.3, -0.25) is 0 Å². The molecule has 1 atom stereocenters. The molecule has 3 N–H and O–H groups in total. The largest absolute Gasteiger partial charge is 0.353 e. The molecular weight excluding hydrogens is 168 g/mol. The molecule has 13 heavy (non-hydrogen) atoms. The molecule has 1 aliphatic heterocycles. The van der Waals surface area contributed by atoms with Crippen LogP contribution in [0.2, 0.25) is 0 Å². The lowest BCUT2D eigenvalue weighted by molar-refractivity contribution is -0.161. The van der Waals surface area contributed by atoms with Gasteiger partial charge in [-0.25, -0.2) is 0 Å². The van der Waals surface area contributed by atoms with Gasteiger partial charge < -0.3 is 20.5 Å². The Hall–Kier alpha value is -0.160. The molecule has 4 nitrogen and oxygen atoms in total. The van der Waals surface area contributed by atoms with Gasteiger partial charge in [-0.15, -0.1) is 0 Å². The summed E-state index contributed by atoms with van der Waals surface area (Å²) in [5, 5.41) is 3.17. The predicted octanol–water partition coefficient (Wildman–Crippen LogP) is 0.0779. The molecule has 0 aromatic carbocycles. The number of ether oxygens (including phenoxy) is 2. The maximum Gasteiger partial charge on any atom is 0.157 e. The third-order valence-electron chi connectivity index (χ3n) is 2.04. The van der Waals surface area contributed by atoms with E-state index >= 15 is 0 Å². The van der Waals surface area contributed by atoms with E-state index in [0.717, 1.165) is 26.1 Å². The van der Waals surface area contributed by atoms with E-state index in [0.29, 0.717) is 13.2 Å². The molecule has 1 unspecified atom stereocenters. The zero-order valence-corrected chi connectivity index (χ0v) is 8.13. The van der Waals surface area contributed by atoms with Crippen LogP contribution < -0.4 is 11.1 Å². The fourth-order valence-corrected chi connectivity index (χ4v) is 1.33. The fraction of sp³-hybridized carbons (Fsp3) is 1.00. The molecule has 0 spiro atoms. The summed E-state index contributed by atoms with van der Waals surface area (Å²) in [6, 6.07) is 0. The van der Waals surface area contributed by atoms with Gasteiger partial charge in [0.05, 0.1) is 6.61 Å². The maximum absolute atomic E-state index is 5.50. The van der Waals surface area contributed by atoms with Crippen LogP contribution in [0.1, 0.15) is 19.3 Å². The van der Waals surface area contributed by atoms with Crippen LogP contribution in [0.5, 0.6) is 0 Å². The van der Waals surface area contributed by atoms with Crippen molar-refractivity contribution in [3.63, 3.8) is 0 Å². The van der Waals surface area contributed by atoms with E-state index in [-0.39, 0.29) is 6.29 Å². The van der Waals surface area contributed by atoms with E-state index in [2.05, 4.69) is 5.32 Å². The smallest absolute Gasteiger partial charge is 0.157 e. The number of hydrogen-bond donors (Lipinski definition) is 2. The summed E-state index contributed by atoms with van der Waals surface area (Å²) in [5.74, 6) is 0. The summed E-state index contributed by atoms with van der Waals surface area (Å²) in [4.78, 5) is 0. The van der Waals surface area contributed by atoms with Gasteiger partial charge in [0.2, 0.25) is 0 Å². The van der Waals surface area contributed by atoms with Crippen LogP contribution >= 0.6 is 0 Å². The van der Waals surface area contributed by atoms with Gasteiger partial charge in [-0.05, 0) is 19.3 Å². The standard InChI is InChI=1S/C9H20N2O2/c10-4-5-11-6-8-13-9-3-1-2-7-12-9/h9,11H,1-8,10H2. The van der Waals surface area contributed by atoms with E-state index in [1.165, 1.54) is 12.8 Å². The van der Waals surface area contributed by atoms with Crippen molar-refractivity contribution in [1.29, 1.82) is 0 Å². The van der Waals surface area contributed by atoms with Crippen LogP contribution in [0.15, 0.2) is 0 Å². The monoisotopic (exact) mass is 188 g/mol. The zero-order chi connectivity index (χ0) is 9.36. The first-order valence-electron chi connectivity index (χ1n) is 5.07. The highest BCUT2D eigenvalue weighted by atomic mass is 16.7. The van der Waals surface area contributed by atoms with Crippen LogP contribution in [0, 0.1) is 0 Å². The van der Waals surface area contributed by atoms with Crippen LogP contribution in [-0.2, 0) is 9.47 Å². The van der Waals surface area contributed by atoms with Crippen molar-refractivity contribution < 1.29 is 9.47 Å². The van der Waals surface area contributed by atoms with Crippen molar-refractivity contribution in [2.24, 2.45) is 5.73 Å². The molecule has 0 aromatic rings. The quantitative estimate of drug-likeness (QED) is 0.579. The molecule has 1 saturated heterocycles. The van der Waals surface area contributed by atoms with Crippen molar-refractivity contribution in [3.05, 3.63) is 0 Å². The Labute approximate surface area is 79.8 Å². The number of nitrogens with one attached hydrogen (secondary N) is 1. The maximum atomic E-state index is 5.50. The summed E-state index contributed by atoms with van der Waals surface area (Å²) in [6.45, 7) is 3.96. The van der Waals surface area contributed by atoms with Crippen LogP contribution in [0.3, 0.4) is 0 Å².